The zero-order valence-corrected chi connectivity index (χ0v) is 32.7. The molecule has 0 saturated carbocycles. The summed E-state index contributed by atoms with van der Waals surface area (Å²) in [6, 6.07) is 12.8. The number of piperidine rings is 2. The van der Waals surface area contributed by atoms with Gasteiger partial charge in [-0.05, 0) is 74.4 Å². The number of benzene rings is 2. The first-order valence-electron chi connectivity index (χ1n) is 19.3. The van der Waals surface area contributed by atoms with Gasteiger partial charge in [-0.25, -0.2) is 4.98 Å². The number of imide groups is 2. The van der Waals surface area contributed by atoms with Crippen LogP contribution in [0.15, 0.2) is 42.6 Å². The van der Waals surface area contributed by atoms with Gasteiger partial charge in [0.25, 0.3) is 17.7 Å². The van der Waals surface area contributed by atoms with Crippen LogP contribution in [0, 0.1) is 16.7 Å². The second kappa shape index (κ2) is 14.2. The third-order valence-electron chi connectivity index (χ3n) is 12.8. The molecule has 1 aromatic heterocycles. The molecule has 2 aromatic carbocycles. The SMILES string of the molecule is C[C@H]1CC2(CCN(c3cnc(C(=O)N4CCN(C5CN(c6ccc7c(c6)C(=O)N(C6CCC(=O)NC6=O)C7=O)C5)CC4)s3)CC2)CN1c1ccc(C#N)c(Cl)c1. The molecule has 56 heavy (non-hydrogen) atoms. The molecule has 5 amide bonds. The Balaban J connectivity index is 0.747. The molecule has 2 atom stereocenters. The van der Waals surface area contributed by atoms with Crippen LogP contribution in [0.2, 0.25) is 5.02 Å². The molecule has 3 aromatic rings. The molecule has 7 heterocycles. The lowest BCUT2D eigenvalue weighted by atomic mass is 9.77. The van der Waals surface area contributed by atoms with E-state index in [-0.39, 0.29) is 35.3 Å². The van der Waals surface area contributed by atoms with Crippen LogP contribution < -0.4 is 20.0 Å². The minimum absolute atomic E-state index is 0.0188. The lowest BCUT2D eigenvalue weighted by molar-refractivity contribution is -0.136. The summed E-state index contributed by atoms with van der Waals surface area (Å²) in [6.07, 6.45) is 5.30. The van der Waals surface area contributed by atoms with Gasteiger partial charge in [-0.15, -0.1) is 0 Å². The van der Waals surface area contributed by atoms with Gasteiger partial charge in [0.1, 0.15) is 17.1 Å². The number of anilines is 3. The maximum absolute atomic E-state index is 13.6. The number of nitriles is 1. The highest BCUT2D eigenvalue weighted by Gasteiger charge is 2.46. The lowest BCUT2D eigenvalue weighted by Gasteiger charge is -2.49. The summed E-state index contributed by atoms with van der Waals surface area (Å²) in [5.74, 6) is -2.05. The van der Waals surface area contributed by atoms with E-state index in [1.54, 1.807) is 18.2 Å². The van der Waals surface area contributed by atoms with Crippen molar-refractivity contribution in [1.82, 2.24) is 25.0 Å². The number of rotatable bonds is 6. The number of hydrogen-bond donors (Lipinski definition) is 1. The van der Waals surface area contributed by atoms with Crippen molar-refractivity contribution in [3.8, 4) is 6.07 Å². The highest BCUT2D eigenvalue weighted by atomic mass is 35.5. The zero-order chi connectivity index (χ0) is 38.9. The normalized spacial score (nSPS) is 24.1. The molecule has 6 aliphatic heterocycles. The average molecular weight is 796 g/mol. The van der Waals surface area contributed by atoms with Crippen molar-refractivity contribution in [2.24, 2.45) is 5.41 Å². The number of thiazole rings is 1. The van der Waals surface area contributed by atoms with Gasteiger partial charge in [0.15, 0.2) is 5.01 Å². The van der Waals surface area contributed by atoms with E-state index in [0.717, 1.165) is 86.4 Å². The quantitative estimate of drug-likeness (QED) is 0.365. The third kappa shape index (κ3) is 6.37. The van der Waals surface area contributed by atoms with Crippen molar-refractivity contribution in [3.05, 3.63) is 69.3 Å². The molecule has 6 aliphatic rings. The summed E-state index contributed by atoms with van der Waals surface area (Å²) < 4.78 is 0. The van der Waals surface area contributed by atoms with Crippen LogP contribution in [-0.4, -0.2) is 126 Å². The smallest absolute Gasteiger partial charge is 0.282 e. The summed E-state index contributed by atoms with van der Waals surface area (Å²) in [7, 11) is 0. The Bertz CT molecular complexity index is 2180. The highest BCUT2D eigenvalue weighted by Crippen LogP contribution is 2.46. The van der Waals surface area contributed by atoms with Gasteiger partial charge in [-0.3, -0.25) is 39.1 Å². The van der Waals surface area contributed by atoms with E-state index in [2.05, 4.69) is 42.9 Å². The number of amides is 5. The Hall–Kier alpha value is -5.04. The van der Waals surface area contributed by atoms with Gasteiger partial charge in [0.2, 0.25) is 11.8 Å². The van der Waals surface area contributed by atoms with Gasteiger partial charge in [-0.2, -0.15) is 5.26 Å². The maximum Gasteiger partial charge on any atom is 0.282 e. The minimum Gasteiger partial charge on any atom is -0.368 e. The van der Waals surface area contributed by atoms with Crippen molar-refractivity contribution >= 4 is 68.8 Å². The number of aromatic nitrogens is 1. The molecule has 14 nitrogen and oxygen atoms in total. The predicted octanol–water partition coefficient (Wildman–Crippen LogP) is 3.60. The predicted molar refractivity (Wildman–Crippen MR) is 210 cm³/mol. The van der Waals surface area contributed by atoms with Crippen molar-refractivity contribution in [2.75, 3.05) is 73.6 Å². The molecule has 9 rings (SSSR count). The molecule has 5 fully saturated rings. The van der Waals surface area contributed by atoms with Crippen LogP contribution in [0.25, 0.3) is 0 Å². The molecule has 5 saturated heterocycles. The number of hydrogen-bond acceptors (Lipinski definition) is 12. The molecule has 1 spiro atoms. The largest absolute Gasteiger partial charge is 0.368 e. The van der Waals surface area contributed by atoms with E-state index in [9.17, 15) is 29.2 Å². The monoisotopic (exact) mass is 795 g/mol. The number of nitrogens with zero attached hydrogens (tertiary/aromatic N) is 8. The van der Waals surface area contributed by atoms with Crippen LogP contribution in [0.4, 0.5) is 16.4 Å². The van der Waals surface area contributed by atoms with Crippen molar-refractivity contribution < 1.29 is 24.0 Å². The molecule has 0 radical (unpaired) electrons. The van der Waals surface area contributed by atoms with Gasteiger partial charge in [-0.1, -0.05) is 22.9 Å². The summed E-state index contributed by atoms with van der Waals surface area (Å²) in [5.41, 5.74) is 3.18. The zero-order valence-electron chi connectivity index (χ0n) is 31.1. The van der Waals surface area contributed by atoms with E-state index in [1.807, 2.05) is 29.3 Å². The van der Waals surface area contributed by atoms with Gasteiger partial charge < -0.3 is 19.6 Å². The summed E-state index contributed by atoms with van der Waals surface area (Å²) in [6.45, 7) is 9.37. The number of nitrogens with one attached hydrogen (secondary N) is 1. The first-order valence-corrected chi connectivity index (χ1v) is 20.5. The Morgan fingerprint density at radius 2 is 1.68 bits per heavy atom. The number of fused-ring (bicyclic) bond motifs is 1. The third-order valence-corrected chi connectivity index (χ3v) is 14.1. The molecule has 16 heteroatoms. The van der Waals surface area contributed by atoms with Crippen molar-refractivity contribution in [3.63, 3.8) is 0 Å². The van der Waals surface area contributed by atoms with Crippen molar-refractivity contribution in [1.29, 1.82) is 5.26 Å². The standard InChI is InChI=1S/C40H42ClN9O5S/c1-24-18-40(23-49(24)27-3-2-25(19-42)31(41)17-27)8-10-46(11-9-40)34-20-43-36(56-34)39(55)47-14-12-45(13-15-47)28-21-48(22-28)26-4-5-29-30(16-26)38(54)50(37(29)53)32-6-7-33(51)44-35(32)52/h2-5,16-17,20,24,28,32H,6-15,18,21-23H2,1H3,(H,44,51,52)/t24-,32?/m0/s1. The summed E-state index contributed by atoms with van der Waals surface area (Å²) >= 11 is 7.85. The molecule has 290 valence electrons. The number of halogens is 1. The fourth-order valence-electron chi connectivity index (χ4n) is 9.49. The van der Waals surface area contributed by atoms with E-state index in [4.69, 9.17) is 11.6 Å². The molecule has 1 unspecified atom stereocenters. The molecular formula is C40H42ClN9O5S. The summed E-state index contributed by atoms with van der Waals surface area (Å²) in [5, 5.41) is 13.6. The van der Waals surface area contributed by atoms with Gasteiger partial charge >= 0.3 is 0 Å². The molecule has 0 aliphatic carbocycles. The number of carbonyl (C=O) groups excluding carboxylic acids is 5. The fraction of sp³-hybridized carbons (Fsp3) is 0.475. The molecule has 0 bridgehead atoms. The average Bonchev–Trinajstić information content (AvgIpc) is 3.86. The molecular weight excluding hydrogens is 754 g/mol. The first kappa shape index (κ1) is 36.6. The number of piperazine rings is 1. The van der Waals surface area contributed by atoms with Crippen LogP contribution in [0.5, 0.6) is 0 Å². The van der Waals surface area contributed by atoms with Crippen LogP contribution in [-0.2, 0) is 9.59 Å². The fourth-order valence-corrected chi connectivity index (χ4v) is 10.6. The van der Waals surface area contributed by atoms with Crippen LogP contribution in [0.3, 0.4) is 0 Å². The topological polar surface area (TPSA) is 154 Å². The lowest BCUT2D eigenvalue weighted by Crippen LogP contribution is -2.63. The summed E-state index contributed by atoms with van der Waals surface area (Å²) in [4.78, 5) is 80.8. The van der Waals surface area contributed by atoms with Crippen LogP contribution >= 0.6 is 22.9 Å². The van der Waals surface area contributed by atoms with E-state index in [1.165, 1.54) is 11.3 Å². The second-order valence-corrected chi connectivity index (χ2v) is 17.4. The second-order valence-electron chi connectivity index (χ2n) is 16.0. The highest BCUT2D eigenvalue weighted by molar-refractivity contribution is 7.17. The maximum atomic E-state index is 13.6. The Labute approximate surface area is 333 Å². The van der Waals surface area contributed by atoms with Gasteiger partial charge in [0.05, 0.1) is 27.9 Å². The van der Waals surface area contributed by atoms with Crippen LogP contribution in [0.1, 0.15) is 75.1 Å². The van der Waals surface area contributed by atoms with Crippen molar-refractivity contribution in [2.45, 2.75) is 57.2 Å². The number of carbonyl (C=O) groups is 5. The van der Waals surface area contributed by atoms with E-state index >= 15 is 0 Å². The molecule has 1 N–H and O–H groups in total. The van der Waals surface area contributed by atoms with E-state index in [0.29, 0.717) is 40.8 Å². The Morgan fingerprint density at radius 1 is 0.946 bits per heavy atom. The minimum atomic E-state index is -0.986. The Kier molecular flexibility index (Phi) is 9.25. The first-order chi connectivity index (χ1) is 27.0. The van der Waals surface area contributed by atoms with Gasteiger partial charge in [0, 0.05) is 88.8 Å². The van der Waals surface area contributed by atoms with E-state index < -0.39 is 29.7 Å². The Morgan fingerprint density at radius 3 is 2.39 bits per heavy atom.